The summed E-state index contributed by atoms with van der Waals surface area (Å²) in [7, 11) is -1.88. The highest BCUT2D eigenvalue weighted by Crippen LogP contribution is 2.49. The number of furan rings is 1. The van der Waals surface area contributed by atoms with Crippen LogP contribution >= 0.6 is 11.6 Å². The lowest BCUT2D eigenvalue weighted by molar-refractivity contribution is -0.151. The minimum Gasteiger partial charge on any atom is -0.543 e. The first-order valence-electron chi connectivity index (χ1n) is 32.9. The van der Waals surface area contributed by atoms with E-state index in [-0.39, 0.29) is 47.9 Å². The molecule has 2 atom stereocenters. The number of carbonyl (C=O) groups is 1. The molecular formula is C80H79ClFN3O14SSi. The van der Waals surface area contributed by atoms with E-state index >= 15 is 0 Å². The lowest BCUT2D eigenvalue weighted by Gasteiger charge is -2.37. The van der Waals surface area contributed by atoms with Crippen LogP contribution in [0.25, 0.3) is 44.8 Å². The number of hydrogen-bond acceptors (Lipinski definition) is 17. The van der Waals surface area contributed by atoms with Crippen LogP contribution in [-0.4, -0.2) is 91.0 Å². The predicted molar refractivity (Wildman–Crippen MR) is 390 cm³/mol. The van der Waals surface area contributed by atoms with Crippen LogP contribution in [-0.2, 0) is 53.0 Å². The van der Waals surface area contributed by atoms with Crippen LogP contribution in [0.2, 0.25) is 23.2 Å². The second-order valence-electron chi connectivity index (χ2n) is 25.4. The molecule has 0 aliphatic heterocycles. The first-order valence-corrected chi connectivity index (χ1v) is 37.7. The third kappa shape index (κ3) is 16.7. The normalized spacial score (nSPS) is 12.5. The largest absolute Gasteiger partial charge is 0.543 e. The van der Waals surface area contributed by atoms with Crippen molar-refractivity contribution in [3.63, 3.8) is 0 Å². The van der Waals surface area contributed by atoms with Crippen molar-refractivity contribution in [3.8, 4) is 74.2 Å². The Labute approximate surface area is 594 Å². The zero-order chi connectivity index (χ0) is 71.5. The molecule has 0 unspecified atom stereocenters. The molecule has 11 aromatic rings. The standard InChI is InChI=1S/C80H79ClFN3O14SSi/c1-11-92-78(86)71(47-55-46-63(99-101(9,10)79(3,4)5)38-40-67(55)93-48-60-42-44-83-76(85-60)66-24-18-19-25-68(66)91-8)98-77-73-69(43-45-84-77)97-75(54-26-32-59(82)33-27-54)72(73)65-39-41-70(74(81)52(65)2)96-64(50-95-100(87,88)51-53-20-14-12-15-21-53)49-94-80(56-22-16-13-17-23-56,57-28-34-61(89-6)35-29-57)58-30-36-62(90-7)37-31-58/h12-46,64,71H,11,47-51H2,1-10H3/t64-,71-/m1/s1. The molecule has 0 saturated heterocycles. The van der Waals surface area contributed by atoms with Crippen molar-refractivity contribution >= 4 is 47.0 Å². The van der Waals surface area contributed by atoms with Crippen LogP contribution in [0.15, 0.2) is 217 Å². The lowest BCUT2D eigenvalue weighted by Crippen LogP contribution is -2.43. The van der Waals surface area contributed by atoms with Gasteiger partial charge in [-0.05, 0) is 156 Å². The van der Waals surface area contributed by atoms with Gasteiger partial charge in [0, 0.05) is 41.6 Å². The zero-order valence-corrected chi connectivity index (χ0v) is 60.4. The first kappa shape index (κ1) is 72.2. The molecule has 0 bridgehead atoms. The molecule has 0 N–H and O–H groups in total. The summed E-state index contributed by atoms with van der Waals surface area (Å²) in [5.41, 5.74) is 5.38. The molecule has 11 rings (SSSR count). The fourth-order valence-electron chi connectivity index (χ4n) is 11.5. The number of carbonyl (C=O) groups excluding carboxylic acids is 1. The molecule has 3 heterocycles. The van der Waals surface area contributed by atoms with E-state index in [1.807, 2.05) is 121 Å². The van der Waals surface area contributed by atoms with Crippen LogP contribution in [0.3, 0.4) is 0 Å². The number of ether oxygens (including phenoxy) is 8. The number of para-hydroxylation sites is 1. The molecule has 0 radical (unpaired) electrons. The number of benzene rings is 8. The van der Waals surface area contributed by atoms with E-state index in [0.717, 1.165) is 16.7 Å². The number of rotatable bonds is 30. The minimum atomic E-state index is -4.23. The molecule has 0 aliphatic rings. The van der Waals surface area contributed by atoms with Gasteiger partial charge in [-0.1, -0.05) is 136 Å². The van der Waals surface area contributed by atoms with E-state index in [1.54, 1.807) is 108 Å². The summed E-state index contributed by atoms with van der Waals surface area (Å²) in [6, 6.07) is 59.0. The van der Waals surface area contributed by atoms with Gasteiger partial charge in [-0.15, -0.1) is 0 Å². The first-order chi connectivity index (χ1) is 48.6. The molecule has 0 aliphatic carbocycles. The highest BCUT2D eigenvalue weighted by atomic mass is 35.5. The molecule has 0 amide bonds. The van der Waals surface area contributed by atoms with Crippen molar-refractivity contribution in [2.45, 2.75) is 89.3 Å². The van der Waals surface area contributed by atoms with Crippen molar-refractivity contribution in [2.24, 2.45) is 0 Å². The molecule has 0 spiro atoms. The van der Waals surface area contributed by atoms with Crippen LogP contribution in [0.4, 0.5) is 4.39 Å². The summed E-state index contributed by atoms with van der Waals surface area (Å²) in [6.07, 6.45) is 0.542. The second-order valence-corrected chi connectivity index (χ2v) is 32.2. The van der Waals surface area contributed by atoms with Gasteiger partial charge in [0.05, 0.1) is 56.2 Å². The van der Waals surface area contributed by atoms with Crippen molar-refractivity contribution < 1.29 is 68.5 Å². The van der Waals surface area contributed by atoms with Gasteiger partial charge in [0.1, 0.15) is 82.3 Å². The second kappa shape index (κ2) is 31.6. The monoisotopic (exact) mass is 1420 g/mol. The van der Waals surface area contributed by atoms with Crippen molar-refractivity contribution in [3.05, 3.63) is 262 Å². The molecule has 0 saturated carbocycles. The maximum absolute atomic E-state index is 14.9. The Bertz CT molecular complexity index is 4730. The Balaban J connectivity index is 0.985. The van der Waals surface area contributed by atoms with E-state index in [4.69, 9.17) is 72.5 Å². The number of aromatic nitrogens is 3. The summed E-state index contributed by atoms with van der Waals surface area (Å²) in [5.74, 6) is 2.14. The van der Waals surface area contributed by atoms with Gasteiger partial charge in [-0.25, -0.2) is 24.1 Å². The highest BCUT2D eigenvalue weighted by Gasteiger charge is 2.41. The molecule has 3 aromatic heterocycles. The van der Waals surface area contributed by atoms with E-state index in [1.165, 1.54) is 18.3 Å². The molecule has 8 aromatic carbocycles. The van der Waals surface area contributed by atoms with Gasteiger partial charge < -0.3 is 46.7 Å². The number of pyridine rings is 1. The number of nitrogens with zero attached hydrogens (tertiary/aromatic N) is 3. The predicted octanol–water partition coefficient (Wildman–Crippen LogP) is 17.6. The quantitative estimate of drug-likeness (QED) is 0.0178. The summed E-state index contributed by atoms with van der Waals surface area (Å²) >= 11 is 7.59. The minimum absolute atomic E-state index is 0.00814. The van der Waals surface area contributed by atoms with Gasteiger partial charge in [0.25, 0.3) is 10.1 Å². The van der Waals surface area contributed by atoms with Crippen molar-refractivity contribution in [2.75, 3.05) is 41.2 Å². The Kier molecular flexibility index (Phi) is 22.6. The van der Waals surface area contributed by atoms with Crippen LogP contribution in [0.5, 0.6) is 40.4 Å². The van der Waals surface area contributed by atoms with E-state index in [9.17, 15) is 17.6 Å². The van der Waals surface area contributed by atoms with Crippen LogP contribution < -0.4 is 32.8 Å². The summed E-state index contributed by atoms with van der Waals surface area (Å²) in [6.45, 7) is 13.5. The van der Waals surface area contributed by atoms with E-state index < -0.39 is 60.4 Å². The highest BCUT2D eigenvalue weighted by molar-refractivity contribution is 7.85. The SMILES string of the molecule is CCOC(=O)[C@@H](Cc1cc(O[Si](C)(C)C(C)(C)C)ccc1OCc1ccnc(-c2ccccc2OC)n1)Oc1nccc2oc(-c3ccc(F)cc3)c(-c3ccc(O[C@H](COC(c4ccccc4)(c4ccc(OC)cc4)c4ccc(OC)cc4)COS(=O)(=O)Cc4ccccc4)c(Cl)c3C)c12. The Morgan fingerprint density at radius 3 is 1.94 bits per heavy atom. The summed E-state index contributed by atoms with van der Waals surface area (Å²) in [4.78, 5) is 28.8. The molecule has 17 nitrogen and oxygen atoms in total. The van der Waals surface area contributed by atoms with Gasteiger partial charge >= 0.3 is 5.97 Å². The number of halogens is 2. The fraction of sp³-hybridized carbons (Fsp3) is 0.250. The smallest absolute Gasteiger partial charge is 0.347 e. The molecule has 101 heavy (non-hydrogen) atoms. The Morgan fingerprint density at radius 2 is 1.29 bits per heavy atom. The summed E-state index contributed by atoms with van der Waals surface area (Å²) in [5, 5.41) is 0.308. The molecule has 522 valence electrons. The van der Waals surface area contributed by atoms with Crippen LogP contribution in [0.1, 0.15) is 66.8 Å². The molecular weight excluding hydrogens is 1340 g/mol. The number of esters is 1. The van der Waals surface area contributed by atoms with Crippen molar-refractivity contribution in [1.82, 2.24) is 15.0 Å². The van der Waals surface area contributed by atoms with Crippen molar-refractivity contribution in [1.29, 1.82) is 0 Å². The van der Waals surface area contributed by atoms with Gasteiger partial charge in [-0.3, -0.25) is 4.18 Å². The van der Waals surface area contributed by atoms with Gasteiger partial charge in [-0.2, -0.15) is 8.42 Å². The maximum atomic E-state index is 14.9. The average Bonchev–Trinajstić information content (AvgIpc) is 1.58. The van der Waals surface area contributed by atoms with Crippen LogP contribution in [0, 0.1) is 12.7 Å². The number of hydrogen-bond donors (Lipinski definition) is 0. The maximum Gasteiger partial charge on any atom is 0.347 e. The lowest BCUT2D eigenvalue weighted by atomic mass is 9.80. The topological polar surface area (TPSA) is 195 Å². The number of methoxy groups -OCH3 is 3. The fourth-order valence-corrected chi connectivity index (χ4v) is 13.7. The zero-order valence-electron chi connectivity index (χ0n) is 57.8. The van der Waals surface area contributed by atoms with E-state index in [0.29, 0.717) is 95.9 Å². The van der Waals surface area contributed by atoms with E-state index in [2.05, 4.69) is 38.8 Å². The average molecular weight is 1420 g/mol. The Morgan fingerprint density at radius 1 is 0.663 bits per heavy atom. The third-order valence-corrected chi connectivity index (χ3v) is 23.7. The molecule has 0 fully saturated rings. The third-order valence-electron chi connectivity index (χ3n) is 17.7. The summed E-state index contributed by atoms with van der Waals surface area (Å²) < 4.78 is 113. The molecule has 21 heteroatoms. The van der Waals surface area contributed by atoms with Gasteiger partial charge in [0.2, 0.25) is 20.3 Å². The number of fused-ring (bicyclic) bond motifs is 1. The van der Waals surface area contributed by atoms with Gasteiger partial charge in [0.15, 0.2) is 5.82 Å². The Hall–Kier alpha value is -10.1.